The fraction of sp³-hybridized carbons (Fsp3) is 0.500. The lowest BCUT2D eigenvalue weighted by Gasteiger charge is -2.21. The molecule has 0 aliphatic heterocycles. The van der Waals surface area contributed by atoms with Gasteiger partial charge in [-0.05, 0) is 17.7 Å². The fourth-order valence-corrected chi connectivity index (χ4v) is 1.99. The number of esters is 1. The van der Waals surface area contributed by atoms with Crippen molar-refractivity contribution in [3.05, 3.63) is 23.8 Å². The van der Waals surface area contributed by atoms with Crippen LogP contribution in [0.4, 0.5) is 0 Å². The van der Waals surface area contributed by atoms with Crippen molar-refractivity contribution in [3.63, 3.8) is 0 Å². The molecule has 0 aliphatic carbocycles. The van der Waals surface area contributed by atoms with Gasteiger partial charge >= 0.3 is 5.97 Å². The van der Waals surface area contributed by atoms with Gasteiger partial charge in [-0.15, -0.1) is 12.4 Å². The molecule has 0 radical (unpaired) electrons. The number of carbonyl (C=O) groups is 2. The Balaban J connectivity index is 0.00000529. The molecule has 1 aromatic rings. The van der Waals surface area contributed by atoms with Crippen LogP contribution in [0.5, 0.6) is 11.5 Å². The minimum Gasteiger partial charge on any atom is -0.493 e. The zero-order valence-corrected chi connectivity index (χ0v) is 15.1. The van der Waals surface area contributed by atoms with Crippen LogP contribution >= 0.6 is 12.4 Å². The van der Waals surface area contributed by atoms with Crippen LogP contribution in [0.25, 0.3) is 0 Å². The third kappa shape index (κ3) is 5.90. The van der Waals surface area contributed by atoms with Crippen LogP contribution < -0.4 is 20.5 Å². The van der Waals surface area contributed by atoms with Crippen molar-refractivity contribution in [2.24, 2.45) is 11.7 Å². The molecule has 24 heavy (non-hydrogen) atoms. The zero-order valence-electron chi connectivity index (χ0n) is 14.3. The monoisotopic (exact) mass is 360 g/mol. The van der Waals surface area contributed by atoms with E-state index in [2.05, 4.69) is 5.32 Å². The van der Waals surface area contributed by atoms with Crippen LogP contribution in [-0.2, 0) is 14.3 Å². The van der Waals surface area contributed by atoms with Crippen LogP contribution in [0.15, 0.2) is 18.2 Å². The average molecular weight is 361 g/mol. The Morgan fingerprint density at radius 3 is 2.29 bits per heavy atom. The molecule has 0 aromatic heterocycles. The average Bonchev–Trinajstić information content (AvgIpc) is 2.59. The zero-order chi connectivity index (χ0) is 17.4. The topological polar surface area (TPSA) is 99.9 Å². The highest BCUT2D eigenvalue weighted by Gasteiger charge is 2.22. The molecule has 2 unspecified atom stereocenters. The third-order valence-electron chi connectivity index (χ3n) is 3.53. The van der Waals surface area contributed by atoms with E-state index in [0.717, 1.165) is 0 Å². The highest BCUT2D eigenvalue weighted by molar-refractivity contribution is 5.85. The molecule has 1 rings (SSSR count). The number of benzene rings is 1. The molecule has 3 N–H and O–H groups in total. The van der Waals surface area contributed by atoms with Crippen molar-refractivity contribution in [1.29, 1.82) is 0 Å². The molecule has 0 fully saturated rings. The normalized spacial score (nSPS) is 12.4. The van der Waals surface area contributed by atoms with Crippen LogP contribution in [0.2, 0.25) is 0 Å². The van der Waals surface area contributed by atoms with Gasteiger partial charge in [0.15, 0.2) is 11.5 Å². The van der Waals surface area contributed by atoms with E-state index in [1.54, 1.807) is 25.1 Å². The van der Waals surface area contributed by atoms with Crippen molar-refractivity contribution in [3.8, 4) is 11.5 Å². The first-order chi connectivity index (χ1) is 11.0. The number of rotatable bonds is 8. The van der Waals surface area contributed by atoms with Crippen LogP contribution in [-0.4, -0.2) is 39.8 Å². The molecule has 1 aromatic carbocycles. The van der Waals surface area contributed by atoms with E-state index in [1.165, 1.54) is 21.3 Å². The van der Waals surface area contributed by atoms with E-state index in [1.807, 2.05) is 0 Å². The molecule has 0 aliphatic rings. The van der Waals surface area contributed by atoms with Gasteiger partial charge in [-0.25, -0.2) is 0 Å². The summed E-state index contributed by atoms with van der Waals surface area (Å²) in [5.74, 6) is 0.0766. The Bertz CT molecular complexity index is 553. The number of hydrogen-bond acceptors (Lipinski definition) is 6. The molecule has 0 heterocycles. The first-order valence-corrected chi connectivity index (χ1v) is 7.26. The number of carbonyl (C=O) groups excluding carboxylic acids is 2. The third-order valence-corrected chi connectivity index (χ3v) is 3.53. The standard InChI is InChI=1S/C16H24N2O5.ClH/c1-10(9-17)16(20)18-12(8-15(19)23-4)11-5-6-13(21-2)14(7-11)22-3;/h5-7,10,12H,8-9,17H2,1-4H3,(H,18,20);1H. The predicted octanol–water partition coefficient (Wildman–Crippen LogP) is 1.44. The van der Waals surface area contributed by atoms with Crippen LogP contribution in [0.3, 0.4) is 0 Å². The summed E-state index contributed by atoms with van der Waals surface area (Å²) >= 11 is 0. The maximum Gasteiger partial charge on any atom is 0.307 e. The minimum absolute atomic E-state index is 0. The van der Waals surface area contributed by atoms with Gasteiger partial charge in [0, 0.05) is 12.5 Å². The fourth-order valence-electron chi connectivity index (χ4n) is 1.99. The van der Waals surface area contributed by atoms with Gasteiger partial charge in [-0.1, -0.05) is 13.0 Å². The molecule has 1 amide bonds. The number of nitrogens with one attached hydrogen (secondary N) is 1. The van der Waals surface area contributed by atoms with Gasteiger partial charge in [0.1, 0.15) is 0 Å². The van der Waals surface area contributed by atoms with Gasteiger partial charge in [0.25, 0.3) is 0 Å². The number of methoxy groups -OCH3 is 3. The van der Waals surface area contributed by atoms with E-state index in [9.17, 15) is 9.59 Å². The van der Waals surface area contributed by atoms with E-state index in [4.69, 9.17) is 19.9 Å². The van der Waals surface area contributed by atoms with Crippen molar-refractivity contribution in [2.45, 2.75) is 19.4 Å². The minimum atomic E-state index is -0.538. The lowest BCUT2D eigenvalue weighted by Crippen LogP contribution is -2.37. The van der Waals surface area contributed by atoms with Gasteiger partial charge in [-0.3, -0.25) is 9.59 Å². The SMILES string of the molecule is COC(=O)CC(NC(=O)C(C)CN)c1ccc(OC)c(OC)c1.Cl. The lowest BCUT2D eigenvalue weighted by atomic mass is 10.0. The molecule has 7 nitrogen and oxygen atoms in total. The molecule has 0 spiro atoms. The molecule has 0 bridgehead atoms. The Morgan fingerprint density at radius 1 is 1.17 bits per heavy atom. The van der Waals surface area contributed by atoms with Crippen molar-refractivity contribution in [2.75, 3.05) is 27.9 Å². The number of ether oxygens (including phenoxy) is 3. The first-order valence-electron chi connectivity index (χ1n) is 7.26. The Labute approximate surface area is 148 Å². The molecular formula is C16H25ClN2O5. The van der Waals surface area contributed by atoms with Gasteiger partial charge < -0.3 is 25.3 Å². The van der Waals surface area contributed by atoms with Gasteiger partial charge in [-0.2, -0.15) is 0 Å². The molecular weight excluding hydrogens is 336 g/mol. The molecule has 0 saturated heterocycles. The van der Waals surface area contributed by atoms with Crippen LogP contribution in [0, 0.1) is 5.92 Å². The van der Waals surface area contributed by atoms with E-state index < -0.39 is 12.0 Å². The van der Waals surface area contributed by atoms with Crippen molar-refractivity contribution in [1.82, 2.24) is 5.32 Å². The second-order valence-electron chi connectivity index (χ2n) is 5.09. The van der Waals surface area contributed by atoms with Gasteiger partial charge in [0.05, 0.1) is 33.8 Å². The summed E-state index contributed by atoms with van der Waals surface area (Å²) in [5, 5.41) is 2.82. The maximum absolute atomic E-state index is 12.1. The molecule has 8 heteroatoms. The maximum atomic E-state index is 12.1. The molecule has 0 saturated carbocycles. The quantitative estimate of drug-likeness (QED) is 0.680. The highest BCUT2D eigenvalue weighted by atomic mass is 35.5. The van der Waals surface area contributed by atoms with Crippen molar-refractivity contribution < 1.29 is 23.8 Å². The Morgan fingerprint density at radius 2 is 1.79 bits per heavy atom. The first kappa shape index (κ1) is 22.0. The molecule has 136 valence electrons. The number of halogens is 1. The largest absolute Gasteiger partial charge is 0.493 e. The second kappa shape index (κ2) is 10.7. The Hall–Kier alpha value is -1.99. The number of nitrogens with two attached hydrogens (primary N) is 1. The molecule has 2 atom stereocenters. The second-order valence-corrected chi connectivity index (χ2v) is 5.09. The van der Waals surface area contributed by atoms with Gasteiger partial charge in [0.2, 0.25) is 5.91 Å². The van der Waals surface area contributed by atoms with Crippen molar-refractivity contribution >= 4 is 24.3 Å². The summed E-state index contributed by atoms with van der Waals surface area (Å²) in [6.07, 6.45) is 0.00894. The number of amides is 1. The predicted molar refractivity (Wildman–Crippen MR) is 92.5 cm³/mol. The van der Waals surface area contributed by atoms with Crippen LogP contribution in [0.1, 0.15) is 24.9 Å². The van der Waals surface area contributed by atoms with E-state index in [-0.39, 0.29) is 37.2 Å². The highest BCUT2D eigenvalue weighted by Crippen LogP contribution is 2.31. The van der Waals surface area contributed by atoms with E-state index in [0.29, 0.717) is 17.1 Å². The smallest absolute Gasteiger partial charge is 0.307 e. The summed E-state index contributed by atoms with van der Waals surface area (Å²) in [4.78, 5) is 23.7. The summed E-state index contributed by atoms with van der Waals surface area (Å²) in [6, 6.07) is 4.67. The lowest BCUT2D eigenvalue weighted by molar-refractivity contribution is -0.141. The summed E-state index contributed by atoms with van der Waals surface area (Å²) in [7, 11) is 4.36. The van der Waals surface area contributed by atoms with E-state index >= 15 is 0 Å². The summed E-state index contributed by atoms with van der Waals surface area (Å²) in [5.41, 5.74) is 6.22. The summed E-state index contributed by atoms with van der Waals surface area (Å²) in [6.45, 7) is 1.95. The number of hydrogen-bond donors (Lipinski definition) is 2. The Kier molecular flexibility index (Phi) is 9.83. The summed E-state index contributed by atoms with van der Waals surface area (Å²) < 4.78 is 15.1.